The fraction of sp³-hybridized carbons (Fsp3) is 0.400. The molecule has 1 rings (SSSR count). The van der Waals surface area contributed by atoms with Crippen LogP contribution in [-0.4, -0.2) is 25.8 Å². The topological polar surface area (TPSA) is 63.6 Å². The van der Waals surface area contributed by atoms with Crippen LogP contribution in [0.25, 0.3) is 0 Å². The zero-order valence-corrected chi connectivity index (χ0v) is 9.33. The van der Waals surface area contributed by atoms with E-state index in [4.69, 9.17) is 9.29 Å². The normalized spacial score (nSPS) is 11.3. The molecule has 5 heteroatoms. The molecule has 0 amide bonds. The van der Waals surface area contributed by atoms with Crippen LogP contribution >= 0.6 is 0 Å². The van der Waals surface area contributed by atoms with Crippen molar-refractivity contribution in [3.63, 3.8) is 0 Å². The zero-order chi connectivity index (χ0) is 11.3. The summed E-state index contributed by atoms with van der Waals surface area (Å²) in [7, 11) is -2.24. The van der Waals surface area contributed by atoms with E-state index in [9.17, 15) is 8.42 Å². The van der Waals surface area contributed by atoms with Crippen LogP contribution in [0, 0.1) is 0 Å². The van der Waals surface area contributed by atoms with Crippen molar-refractivity contribution in [1.29, 1.82) is 0 Å². The Balaban J connectivity index is 2.45. The van der Waals surface area contributed by atoms with E-state index in [2.05, 4.69) is 0 Å². The number of aryl methyl sites for hydroxylation is 1. The van der Waals surface area contributed by atoms with Crippen molar-refractivity contribution < 1.29 is 17.7 Å². The van der Waals surface area contributed by atoms with Gasteiger partial charge in [0.15, 0.2) is 0 Å². The Morgan fingerprint density at radius 2 is 1.87 bits per heavy atom. The van der Waals surface area contributed by atoms with Crippen molar-refractivity contribution in [1.82, 2.24) is 0 Å². The molecular formula is C10H14O4S. The fourth-order valence-electron chi connectivity index (χ4n) is 1.25. The van der Waals surface area contributed by atoms with Gasteiger partial charge in [0.1, 0.15) is 5.75 Å². The molecule has 0 unspecified atom stereocenters. The molecule has 0 fully saturated rings. The van der Waals surface area contributed by atoms with Gasteiger partial charge in [-0.1, -0.05) is 12.1 Å². The first-order chi connectivity index (χ1) is 7.01. The molecular weight excluding hydrogens is 216 g/mol. The number of ether oxygens (including phenoxy) is 1. The van der Waals surface area contributed by atoms with Crippen molar-refractivity contribution in [3.05, 3.63) is 29.8 Å². The van der Waals surface area contributed by atoms with Gasteiger partial charge in [-0.05, 0) is 30.5 Å². The number of methoxy groups -OCH3 is 1. The average Bonchev–Trinajstić information content (AvgIpc) is 2.17. The average molecular weight is 230 g/mol. The molecule has 1 aromatic rings. The highest BCUT2D eigenvalue weighted by Gasteiger charge is 2.03. The molecule has 1 N–H and O–H groups in total. The smallest absolute Gasteiger partial charge is 0.264 e. The summed E-state index contributed by atoms with van der Waals surface area (Å²) in [4.78, 5) is 0. The van der Waals surface area contributed by atoms with Gasteiger partial charge in [0.25, 0.3) is 10.1 Å². The van der Waals surface area contributed by atoms with Gasteiger partial charge in [-0.2, -0.15) is 8.42 Å². The molecule has 4 nitrogen and oxygen atoms in total. The lowest BCUT2D eigenvalue weighted by Gasteiger charge is -2.02. The van der Waals surface area contributed by atoms with Crippen LogP contribution in [0.4, 0.5) is 0 Å². The Kier molecular flexibility index (Phi) is 4.11. The van der Waals surface area contributed by atoms with Crippen molar-refractivity contribution in [2.45, 2.75) is 12.8 Å². The van der Waals surface area contributed by atoms with E-state index in [-0.39, 0.29) is 5.75 Å². The number of benzene rings is 1. The third-order valence-electron chi connectivity index (χ3n) is 2.03. The summed E-state index contributed by atoms with van der Waals surface area (Å²) in [5, 5.41) is 0. The SMILES string of the molecule is COc1ccc(CCCS(=O)(=O)O)cc1. The van der Waals surface area contributed by atoms with Crippen molar-refractivity contribution in [2.24, 2.45) is 0 Å². The molecule has 0 aliphatic rings. The number of rotatable bonds is 5. The van der Waals surface area contributed by atoms with Gasteiger partial charge in [0, 0.05) is 0 Å². The van der Waals surface area contributed by atoms with E-state index in [0.717, 1.165) is 11.3 Å². The maximum absolute atomic E-state index is 10.5. The van der Waals surface area contributed by atoms with Gasteiger partial charge in [0.05, 0.1) is 12.9 Å². The summed E-state index contributed by atoms with van der Waals surface area (Å²) in [6.45, 7) is 0. The summed E-state index contributed by atoms with van der Waals surface area (Å²) in [5.74, 6) is 0.576. The van der Waals surface area contributed by atoms with Crippen LogP contribution in [-0.2, 0) is 16.5 Å². The molecule has 15 heavy (non-hydrogen) atoms. The lowest BCUT2D eigenvalue weighted by molar-refractivity contribution is 0.414. The molecule has 0 saturated heterocycles. The van der Waals surface area contributed by atoms with Gasteiger partial charge < -0.3 is 4.74 Å². The third-order valence-corrected chi connectivity index (χ3v) is 2.83. The summed E-state index contributed by atoms with van der Waals surface area (Å²) in [6.07, 6.45) is 1.05. The van der Waals surface area contributed by atoms with Gasteiger partial charge in [-0.3, -0.25) is 4.55 Å². The first-order valence-corrected chi connectivity index (χ1v) is 6.20. The minimum absolute atomic E-state index is 0.195. The second-order valence-electron chi connectivity index (χ2n) is 3.24. The lowest BCUT2D eigenvalue weighted by Crippen LogP contribution is -2.04. The molecule has 0 atom stereocenters. The van der Waals surface area contributed by atoms with Crippen LogP contribution < -0.4 is 4.74 Å². The van der Waals surface area contributed by atoms with E-state index >= 15 is 0 Å². The predicted octanol–water partition coefficient (Wildman–Crippen LogP) is 1.52. The summed E-state index contributed by atoms with van der Waals surface area (Å²) in [6, 6.07) is 7.40. The first kappa shape index (κ1) is 12.0. The lowest BCUT2D eigenvalue weighted by atomic mass is 10.1. The van der Waals surface area contributed by atoms with Gasteiger partial charge in [-0.15, -0.1) is 0 Å². The molecule has 0 heterocycles. The predicted molar refractivity (Wildman–Crippen MR) is 57.7 cm³/mol. The minimum Gasteiger partial charge on any atom is -0.497 e. The van der Waals surface area contributed by atoms with Crippen LogP contribution in [0.3, 0.4) is 0 Å². The monoisotopic (exact) mass is 230 g/mol. The van der Waals surface area contributed by atoms with Crippen molar-refractivity contribution >= 4 is 10.1 Å². The van der Waals surface area contributed by atoms with Crippen LogP contribution in [0.1, 0.15) is 12.0 Å². The van der Waals surface area contributed by atoms with E-state index in [0.29, 0.717) is 12.8 Å². The van der Waals surface area contributed by atoms with Gasteiger partial charge >= 0.3 is 0 Å². The van der Waals surface area contributed by atoms with E-state index in [1.165, 1.54) is 0 Å². The van der Waals surface area contributed by atoms with Gasteiger partial charge in [0.2, 0.25) is 0 Å². The van der Waals surface area contributed by atoms with Crippen LogP contribution in [0.15, 0.2) is 24.3 Å². The van der Waals surface area contributed by atoms with Crippen LogP contribution in [0.5, 0.6) is 5.75 Å². The second-order valence-corrected chi connectivity index (χ2v) is 4.81. The van der Waals surface area contributed by atoms with Crippen LogP contribution in [0.2, 0.25) is 0 Å². The summed E-state index contributed by atoms with van der Waals surface area (Å²) in [5.41, 5.74) is 1.03. The van der Waals surface area contributed by atoms with E-state index in [1.807, 2.05) is 24.3 Å². The second kappa shape index (κ2) is 5.14. The Morgan fingerprint density at radius 3 is 2.33 bits per heavy atom. The maximum atomic E-state index is 10.5. The Hall–Kier alpha value is -1.07. The van der Waals surface area contributed by atoms with E-state index in [1.54, 1.807) is 7.11 Å². The molecule has 0 spiro atoms. The highest BCUT2D eigenvalue weighted by Crippen LogP contribution is 2.12. The molecule has 0 aromatic heterocycles. The molecule has 84 valence electrons. The zero-order valence-electron chi connectivity index (χ0n) is 8.51. The minimum atomic E-state index is -3.83. The molecule has 0 bridgehead atoms. The molecule has 0 aliphatic carbocycles. The fourth-order valence-corrected chi connectivity index (χ4v) is 1.76. The van der Waals surface area contributed by atoms with Crippen molar-refractivity contribution in [2.75, 3.05) is 12.9 Å². The Bertz CT molecular complexity index is 394. The van der Waals surface area contributed by atoms with Gasteiger partial charge in [-0.25, -0.2) is 0 Å². The highest BCUT2D eigenvalue weighted by molar-refractivity contribution is 7.85. The highest BCUT2D eigenvalue weighted by atomic mass is 32.2. The quantitative estimate of drug-likeness (QED) is 0.779. The Labute approximate surface area is 89.6 Å². The number of hydrogen-bond donors (Lipinski definition) is 1. The number of hydrogen-bond acceptors (Lipinski definition) is 3. The van der Waals surface area contributed by atoms with Crippen molar-refractivity contribution in [3.8, 4) is 5.75 Å². The largest absolute Gasteiger partial charge is 0.497 e. The maximum Gasteiger partial charge on any atom is 0.264 e. The Morgan fingerprint density at radius 1 is 1.27 bits per heavy atom. The molecule has 1 aromatic carbocycles. The first-order valence-electron chi connectivity index (χ1n) is 4.59. The standard InChI is InChI=1S/C10H14O4S/c1-14-10-6-4-9(5-7-10)3-2-8-15(11,12)13/h4-7H,2-3,8H2,1H3,(H,11,12,13). The summed E-state index contributed by atoms with van der Waals surface area (Å²) < 4.78 is 34.4. The van der Waals surface area contributed by atoms with E-state index < -0.39 is 10.1 Å². The molecule has 0 radical (unpaired) electrons. The molecule has 0 aliphatic heterocycles. The summed E-state index contributed by atoms with van der Waals surface area (Å²) >= 11 is 0. The molecule has 0 saturated carbocycles. The third kappa shape index (κ3) is 4.80.